The largest absolute Gasteiger partial charge is 0.493 e. The fourth-order valence-electron chi connectivity index (χ4n) is 4.33. The van der Waals surface area contributed by atoms with Gasteiger partial charge in [-0.3, -0.25) is 27.8 Å². The molecule has 0 spiro atoms. The van der Waals surface area contributed by atoms with E-state index in [0.717, 1.165) is 27.3 Å². The number of nitrogens with two attached hydrogens (primary N) is 2. The summed E-state index contributed by atoms with van der Waals surface area (Å²) in [4.78, 5) is 22.9. The highest BCUT2D eigenvalue weighted by Gasteiger charge is 2.21. The number of aromatic hydroxyl groups is 2. The van der Waals surface area contributed by atoms with Crippen LogP contribution in [-0.2, 0) is 33.8 Å². The van der Waals surface area contributed by atoms with Crippen molar-refractivity contribution >= 4 is 54.4 Å². The SMILES string of the molecule is CCn1c(O)c(N=Nc2ccc(N)cc2S(=O)(=O)O)c(C)c(C#N)c1=O.Cc1c(N=Nc2cc(N)ccc2S(=O)(=O)O)c(O)n(C)c(=O)c1C#N. The first-order chi connectivity index (χ1) is 23.7. The van der Waals surface area contributed by atoms with Crippen LogP contribution >= 0.6 is 0 Å². The fraction of sp³-hybridized carbons (Fsp3) is 0.172. The van der Waals surface area contributed by atoms with Crippen molar-refractivity contribution in [3.63, 3.8) is 0 Å². The Morgan fingerprint density at radius 2 is 1.20 bits per heavy atom. The summed E-state index contributed by atoms with van der Waals surface area (Å²) >= 11 is 0. The van der Waals surface area contributed by atoms with Crippen LogP contribution in [0.2, 0.25) is 0 Å². The van der Waals surface area contributed by atoms with Crippen LogP contribution < -0.4 is 22.6 Å². The molecule has 22 heteroatoms. The molecular formula is C29H28N10O10S2. The van der Waals surface area contributed by atoms with Crippen LogP contribution in [0, 0.1) is 36.5 Å². The van der Waals surface area contributed by atoms with Crippen molar-refractivity contribution in [2.75, 3.05) is 11.5 Å². The molecule has 0 aliphatic carbocycles. The fourth-order valence-corrected chi connectivity index (χ4v) is 5.59. The third kappa shape index (κ3) is 8.23. The zero-order chi connectivity index (χ0) is 38.6. The first kappa shape index (κ1) is 39.0. The molecule has 4 aromatic rings. The van der Waals surface area contributed by atoms with Gasteiger partial charge in [0.05, 0.1) is 0 Å². The molecule has 0 bridgehead atoms. The lowest BCUT2D eigenvalue weighted by Gasteiger charge is -2.11. The second kappa shape index (κ2) is 15.0. The summed E-state index contributed by atoms with van der Waals surface area (Å²) in [7, 11) is -7.96. The summed E-state index contributed by atoms with van der Waals surface area (Å²) in [6, 6.07) is 10.5. The van der Waals surface area contributed by atoms with E-state index in [0.29, 0.717) is 0 Å². The Hall–Kier alpha value is -6.46. The Morgan fingerprint density at radius 3 is 1.71 bits per heavy atom. The number of benzene rings is 2. The van der Waals surface area contributed by atoms with Gasteiger partial charge in [-0.05, 0) is 57.2 Å². The van der Waals surface area contributed by atoms with Gasteiger partial charge in [-0.2, -0.15) is 27.4 Å². The highest BCUT2D eigenvalue weighted by Crippen LogP contribution is 2.35. The van der Waals surface area contributed by atoms with Crippen molar-refractivity contribution in [2.45, 2.75) is 37.1 Å². The molecule has 0 saturated carbocycles. The zero-order valence-electron chi connectivity index (χ0n) is 27.0. The molecule has 2 aromatic carbocycles. The van der Waals surface area contributed by atoms with Gasteiger partial charge < -0.3 is 21.7 Å². The highest BCUT2D eigenvalue weighted by atomic mass is 32.2. The number of rotatable bonds is 7. The highest BCUT2D eigenvalue weighted by molar-refractivity contribution is 7.86. The number of nitriles is 2. The van der Waals surface area contributed by atoms with E-state index in [1.54, 1.807) is 19.1 Å². The summed E-state index contributed by atoms with van der Waals surface area (Å²) in [5.41, 5.74) is 8.81. The second-order valence-corrected chi connectivity index (χ2v) is 13.1. The van der Waals surface area contributed by atoms with Crippen LogP contribution in [0.25, 0.3) is 0 Å². The standard InChI is InChI=1S/C15H15N5O5S.C14H13N5O5S/c1-3-20-14(21)10(7-16)8(2)13(15(20)22)19-18-11-5-4-9(17)6-12(11)26(23,24)25;1-7-9(6-15)13(20)19(2)14(21)12(7)18-17-10-5-8(16)3-4-11(10)25(22,23)24/h4-6,22H,3,17H2,1-2H3,(H,23,24,25);3-5,21H,16H2,1-2H3,(H,22,23,24). The number of anilines is 2. The number of pyridine rings is 2. The van der Waals surface area contributed by atoms with E-state index in [1.807, 2.05) is 0 Å². The summed E-state index contributed by atoms with van der Waals surface area (Å²) in [5.74, 6) is -1.07. The van der Waals surface area contributed by atoms with Crippen molar-refractivity contribution < 1.29 is 36.2 Å². The Morgan fingerprint density at radius 1 is 0.725 bits per heavy atom. The Kier molecular flexibility index (Phi) is 11.4. The van der Waals surface area contributed by atoms with Crippen LogP contribution in [0.1, 0.15) is 29.2 Å². The summed E-state index contributed by atoms with van der Waals surface area (Å²) < 4.78 is 65.9. The van der Waals surface area contributed by atoms with Gasteiger partial charge in [-0.25, -0.2) is 0 Å². The molecule has 4 rings (SSSR count). The molecule has 20 nitrogen and oxygen atoms in total. The van der Waals surface area contributed by atoms with Gasteiger partial charge >= 0.3 is 0 Å². The van der Waals surface area contributed by atoms with Crippen molar-refractivity contribution in [1.29, 1.82) is 10.5 Å². The minimum absolute atomic E-state index is 0.0733. The van der Waals surface area contributed by atoms with Gasteiger partial charge in [-0.15, -0.1) is 20.5 Å². The van der Waals surface area contributed by atoms with Gasteiger partial charge in [0.15, 0.2) is 11.4 Å². The molecule has 0 fully saturated rings. The molecule has 0 radical (unpaired) electrons. The minimum atomic E-state index is -4.62. The molecule has 2 heterocycles. The van der Waals surface area contributed by atoms with E-state index >= 15 is 0 Å². The lowest BCUT2D eigenvalue weighted by molar-refractivity contribution is 0.412. The van der Waals surface area contributed by atoms with Gasteiger partial charge in [-0.1, -0.05) is 0 Å². The molecule has 0 unspecified atom stereocenters. The second-order valence-electron chi connectivity index (χ2n) is 10.3. The number of nitrogen functional groups attached to an aromatic ring is 2. The maximum atomic E-state index is 12.1. The zero-order valence-corrected chi connectivity index (χ0v) is 28.6. The van der Waals surface area contributed by atoms with E-state index in [-0.39, 0.29) is 62.9 Å². The third-order valence-corrected chi connectivity index (χ3v) is 8.80. The minimum Gasteiger partial charge on any atom is -0.493 e. The summed E-state index contributed by atoms with van der Waals surface area (Å²) in [5, 5.41) is 53.4. The Balaban J connectivity index is 0.000000276. The maximum Gasteiger partial charge on any atom is 0.296 e. The smallest absolute Gasteiger partial charge is 0.296 e. The Bertz CT molecular complexity index is 2560. The van der Waals surface area contributed by atoms with E-state index in [1.165, 1.54) is 39.1 Å². The first-order valence-corrected chi connectivity index (χ1v) is 16.8. The lowest BCUT2D eigenvalue weighted by Crippen LogP contribution is -2.23. The topological polar surface area (TPSA) is 342 Å². The average Bonchev–Trinajstić information content (AvgIpc) is 3.04. The maximum absolute atomic E-state index is 12.1. The summed E-state index contributed by atoms with van der Waals surface area (Å²) in [6.07, 6.45) is 0. The molecule has 0 atom stereocenters. The van der Waals surface area contributed by atoms with Crippen LogP contribution in [0.4, 0.5) is 34.1 Å². The monoisotopic (exact) mass is 740 g/mol. The predicted octanol–water partition coefficient (Wildman–Crippen LogP) is 3.51. The quantitative estimate of drug-likeness (QED) is 0.0897. The van der Waals surface area contributed by atoms with Crippen LogP contribution in [0.3, 0.4) is 0 Å². The molecular weight excluding hydrogens is 713 g/mol. The van der Waals surface area contributed by atoms with Gasteiger partial charge in [0.2, 0.25) is 11.8 Å². The van der Waals surface area contributed by atoms with E-state index in [4.69, 9.17) is 22.0 Å². The number of azo groups is 2. The molecule has 51 heavy (non-hydrogen) atoms. The summed E-state index contributed by atoms with van der Waals surface area (Å²) in [6.45, 7) is 4.47. The Labute approximate surface area is 289 Å². The molecule has 0 amide bonds. The van der Waals surface area contributed by atoms with Gasteiger partial charge in [0.1, 0.15) is 44.4 Å². The van der Waals surface area contributed by atoms with Crippen molar-refractivity contribution in [3.8, 4) is 23.9 Å². The van der Waals surface area contributed by atoms with E-state index in [9.17, 15) is 45.7 Å². The normalized spacial score (nSPS) is 11.6. The molecule has 2 aromatic heterocycles. The molecule has 0 aliphatic rings. The number of hydrogen-bond acceptors (Lipinski definition) is 16. The molecule has 0 aliphatic heterocycles. The molecule has 8 N–H and O–H groups in total. The van der Waals surface area contributed by atoms with Crippen molar-refractivity contribution in [1.82, 2.24) is 9.13 Å². The molecule has 0 saturated heterocycles. The third-order valence-electron chi connectivity index (χ3n) is 7.01. The number of nitrogens with zero attached hydrogens (tertiary/aromatic N) is 8. The first-order valence-electron chi connectivity index (χ1n) is 14.0. The molecule has 266 valence electrons. The number of aromatic nitrogens is 2. The van der Waals surface area contributed by atoms with Gasteiger partial charge in [0.25, 0.3) is 31.4 Å². The predicted molar refractivity (Wildman–Crippen MR) is 180 cm³/mol. The lowest BCUT2D eigenvalue weighted by atomic mass is 10.1. The van der Waals surface area contributed by atoms with Crippen LogP contribution in [-0.4, -0.2) is 45.3 Å². The van der Waals surface area contributed by atoms with E-state index in [2.05, 4.69) is 20.5 Å². The van der Waals surface area contributed by atoms with E-state index < -0.39 is 52.9 Å². The van der Waals surface area contributed by atoms with Crippen LogP contribution in [0.5, 0.6) is 11.8 Å². The van der Waals surface area contributed by atoms with Crippen molar-refractivity contribution in [2.24, 2.45) is 27.5 Å². The number of hydrogen-bond donors (Lipinski definition) is 6. The average molecular weight is 741 g/mol. The van der Waals surface area contributed by atoms with Gasteiger partial charge in [0, 0.05) is 36.1 Å². The van der Waals surface area contributed by atoms with Crippen molar-refractivity contribution in [3.05, 3.63) is 79.4 Å². The van der Waals surface area contributed by atoms with Crippen LogP contribution in [0.15, 0.2) is 76.2 Å².